The Morgan fingerprint density at radius 2 is 2.36 bits per heavy atom. The Bertz CT molecular complexity index is 129. The van der Waals surface area contributed by atoms with Crippen LogP contribution in [0.1, 0.15) is 13.3 Å². The molecule has 0 saturated carbocycles. The quantitative estimate of drug-likeness (QED) is 0.556. The van der Waals surface area contributed by atoms with E-state index in [1.165, 1.54) is 0 Å². The minimum Gasteiger partial charge on any atom is -0.369 e. The minimum atomic E-state index is 0.508. The van der Waals surface area contributed by atoms with Crippen molar-refractivity contribution in [3.8, 4) is 0 Å². The second kappa shape index (κ2) is 3.52. The number of hydrogen-bond donors (Lipinski definition) is 0. The van der Waals surface area contributed by atoms with Gasteiger partial charge in [-0.1, -0.05) is 6.92 Å². The van der Waals surface area contributed by atoms with E-state index in [1.807, 2.05) is 0 Å². The van der Waals surface area contributed by atoms with Crippen LogP contribution in [0.2, 0.25) is 0 Å². The van der Waals surface area contributed by atoms with E-state index < -0.39 is 0 Å². The molecule has 0 N–H and O–H groups in total. The van der Waals surface area contributed by atoms with Crippen LogP contribution in [-0.4, -0.2) is 44.6 Å². The van der Waals surface area contributed by atoms with Gasteiger partial charge in [0, 0.05) is 6.42 Å². The number of likely N-dealkylation sites (N-methyl/N-ethyl adjacent to an activating group) is 1. The van der Waals surface area contributed by atoms with Crippen LogP contribution in [0.3, 0.4) is 0 Å². The molecule has 1 heterocycles. The molecule has 0 bridgehead atoms. The van der Waals surface area contributed by atoms with Crippen molar-refractivity contribution in [3.63, 3.8) is 0 Å². The number of hydrogen-bond acceptors (Lipinski definition) is 2. The third-order valence-electron chi connectivity index (χ3n) is 2.65. The van der Waals surface area contributed by atoms with E-state index in [2.05, 4.69) is 14.0 Å². The van der Waals surface area contributed by atoms with Gasteiger partial charge in [0.05, 0.1) is 20.8 Å². The fourth-order valence-electron chi connectivity index (χ4n) is 1.55. The van der Waals surface area contributed by atoms with Crippen LogP contribution in [0.5, 0.6) is 0 Å². The van der Waals surface area contributed by atoms with E-state index >= 15 is 0 Å². The van der Waals surface area contributed by atoms with E-state index in [9.17, 15) is 0 Å². The average molecular weight is 160 g/mol. The Morgan fingerprint density at radius 1 is 1.64 bits per heavy atom. The molecule has 2 atom stereocenters. The van der Waals surface area contributed by atoms with Gasteiger partial charge >= 0.3 is 0 Å². The second-order valence-electron chi connectivity index (χ2n) is 3.22. The van der Waals surface area contributed by atoms with Crippen molar-refractivity contribution in [2.75, 3.05) is 33.9 Å². The van der Waals surface area contributed by atoms with Crippen molar-refractivity contribution in [1.29, 1.82) is 0 Å². The molecule has 0 aromatic rings. The van der Waals surface area contributed by atoms with Crippen LogP contribution in [0.25, 0.3) is 0 Å². The molecule has 1 aliphatic rings. The molecule has 0 aliphatic carbocycles. The summed E-state index contributed by atoms with van der Waals surface area (Å²) in [6.45, 7) is 4.80. The summed E-state index contributed by atoms with van der Waals surface area (Å²) in [7, 11) is 3.89. The molecule has 3 nitrogen and oxygen atoms in total. The van der Waals surface area contributed by atoms with Crippen molar-refractivity contribution < 1.29 is 14.2 Å². The Labute approximate surface area is 68.4 Å². The zero-order valence-corrected chi connectivity index (χ0v) is 7.67. The molecule has 3 heteroatoms. The first-order chi connectivity index (χ1) is 5.23. The van der Waals surface area contributed by atoms with Crippen molar-refractivity contribution >= 4 is 0 Å². The van der Waals surface area contributed by atoms with Crippen LogP contribution in [-0.2, 0) is 9.57 Å². The van der Waals surface area contributed by atoms with Crippen molar-refractivity contribution in [2.45, 2.75) is 19.4 Å². The van der Waals surface area contributed by atoms with Crippen LogP contribution in [0.4, 0.5) is 0 Å². The summed E-state index contributed by atoms with van der Waals surface area (Å²) in [5, 5.41) is 0. The van der Waals surface area contributed by atoms with Gasteiger partial charge < -0.3 is 4.74 Å². The number of morpholine rings is 1. The topological polar surface area (TPSA) is 18.5 Å². The fraction of sp³-hybridized carbons (Fsp3) is 1.00. The Morgan fingerprint density at radius 3 is 2.82 bits per heavy atom. The van der Waals surface area contributed by atoms with Crippen molar-refractivity contribution in [1.82, 2.24) is 0 Å². The van der Waals surface area contributed by atoms with Crippen molar-refractivity contribution in [2.24, 2.45) is 0 Å². The van der Waals surface area contributed by atoms with E-state index in [-0.39, 0.29) is 0 Å². The summed E-state index contributed by atoms with van der Waals surface area (Å²) in [4.78, 5) is 5.44. The predicted octanol–water partition coefficient (Wildman–Crippen LogP) is 0.803. The highest BCUT2D eigenvalue weighted by atomic mass is 16.7. The lowest BCUT2D eigenvalue weighted by Crippen LogP contribution is -2.57. The molecule has 0 aromatic carbocycles. The summed E-state index contributed by atoms with van der Waals surface area (Å²) in [5.41, 5.74) is 0. The highest BCUT2D eigenvalue weighted by Gasteiger charge is 2.35. The predicted molar refractivity (Wildman–Crippen MR) is 43.0 cm³/mol. The summed E-state index contributed by atoms with van der Waals surface area (Å²) >= 11 is 0. The SMILES string of the molecule is CCC1COCC[N+]1(C)OC. The lowest BCUT2D eigenvalue weighted by Gasteiger charge is -2.40. The summed E-state index contributed by atoms with van der Waals surface area (Å²) in [5.74, 6) is 0. The lowest BCUT2D eigenvalue weighted by molar-refractivity contribution is -1.11. The van der Waals surface area contributed by atoms with Gasteiger partial charge in [0.1, 0.15) is 19.2 Å². The van der Waals surface area contributed by atoms with Gasteiger partial charge in [-0.3, -0.25) is 0 Å². The highest BCUT2D eigenvalue weighted by Crippen LogP contribution is 2.17. The molecular weight excluding hydrogens is 142 g/mol. The van der Waals surface area contributed by atoms with Gasteiger partial charge in [0.2, 0.25) is 0 Å². The van der Waals surface area contributed by atoms with E-state index in [1.54, 1.807) is 7.11 Å². The van der Waals surface area contributed by atoms with Crippen LogP contribution < -0.4 is 0 Å². The maximum atomic E-state index is 5.44. The number of rotatable bonds is 2. The average Bonchev–Trinajstić information content (AvgIpc) is 2.05. The maximum Gasteiger partial charge on any atom is 0.142 e. The molecule has 1 rings (SSSR count). The number of nitrogens with zero attached hydrogens (tertiary/aromatic N) is 1. The zero-order chi connectivity index (χ0) is 8.32. The normalized spacial score (nSPS) is 39.0. The van der Waals surface area contributed by atoms with Crippen LogP contribution >= 0.6 is 0 Å². The van der Waals surface area contributed by atoms with Crippen LogP contribution in [0, 0.1) is 0 Å². The first-order valence-corrected chi connectivity index (χ1v) is 4.21. The summed E-state index contributed by atoms with van der Waals surface area (Å²) in [6, 6.07) is 0.508. The molecule has 0 aromatic heterocycles. The molecule has 1 fully saturated rings. The Kier molecular flexibility index (Phi) is 2.87. The zero-order valence-electron chi connectivity index (χ0n) is 7.67. The Balaban J connectivity index is 2.57. The number of ether oxygens (including phenoxy) is 1. The third-order valence-corrected chi connectivity index (χ3v) is 2.65. The lowest BCUT2D eigenvalue weighted by atomic mass is 10.2. The highest BCUT2D eigenvalue weighted by molar-refractivity contribution is 4.57. The fourth-order valence-corrected chi connectivity index (χ4v) is 1.55. The van der Waals surface area contributed by atoms with Crippen molar-refractivity contribution in [3.05, 3.63) is 0 Å². The Hall–Kier alpha value is -0.120. The molecule has 0 radical (unpaired) electrons. The molecule has 0 amide bonds. The molecule has 2 unspecified atom stereocenters. The minimum absolute atomic E-state index is 0.508. The molecule has 1 aliphatic heterocycles. The summed E-state index contributed by atoms with van der Waals surface area (Å²) < 4.78 is 6.08. The number of quaternary nitrogens is 1. The van der Waals surface area contributed by atoms with Gasteiger partial charge in [-0.05, 0) is 0 Å². The van der Waals surface area contributed by atoms with Gasteiger partial charge in [-0.15, -0.1) is 0 Å². The molecule has 1 saturated heterocycles. The van der Waals surface area contributed by atoms with E-state index in [4.69, 9.17) is 9.57 Å². The third kappa shape index (κ3) is 1.72. The van der Waals surface area contributed by atoms with Gasteiger partial charge in [-0.25, -0.2) is 4.84 Å². The molecule has 66 valence electrons. The van der Waals surface area contributed by atoms with Gasteiger partial charge in [0.15, 0.2) is 0 Å². The first-order valence-electron chi connectivity index (χ1n) is 4.21. The van der Waals surface area contributed by atoms with Gasteiger partial charge in [0.25, 0.3) is 0 Å². The monoisotopic (exact) mass is 160 g/mol. The standard InChI is InChI=1S/C8H18NO2/c1-4-8-7-11-6-5-9(8,2)10-3/h8H,4-7H2,1-3H3/q+1. The number of hydroxylamine groups is 3. The van der Waals surface area contributed by atoms with Crippen LogP contribution in [0.15, 0.2) is 0 Å². The van der Waals surface area contributed by atoms with E-state index in [0.717, 1.165) is 26.2 Å². The first kappa shape index (κ1) is 8.97. The summed E-state index contributed by atoms with van der Waals surface area (Å²) in [6.07, 6.45) is 1.12. The molecule has 11 heavy (non-hydrogen) atoms. The largest absolute Gasteiger partial charge is 0.369 e. The maximum absolute atomic E-state index is 5.44. The van der Waals surface area contributed by atoms with Gasteiger partial charge in [-0.2, -0.15) is 4.65 Å². The smallest absolute Gasteiger partial charge is 0.142 e. The molecular formula is C8H18NO2+. The second-order valence-corrected chi connectivity index (χ2v) is 3.22. The molecule has 0 spiro atoms. The van der Waals surface area contributed by atoms with E-state index in [0.29, 0.717) is 10.7 Å².